The largest absolute Gasteiger partial charge is 0.494 e. The lowest BCUT2D eigenvalue weighted by Crippen LogP contribution is -2.41. The summed E-state index contributed by atoms with van der Waals surface area (Å²) in [7, 11) is 3.13. The number of hydrogen-bond acceptors (Lipinski definition) is 3. The Hall–Kier alpha value is -1.62. The van der Waals surface area contributed by atoms with Gasteiger partial charge in [0.05, 0.1) is 7.11 Å². The summed E-state index contributed by atoms with van der Waals surface area (Å²) in [6.07, 6.45) is 0. The van der Waals surface area contributed by atoms with E-state index in [0.29, 0.717) is 12.1 Å². The Morgan fingerprint density at radius 1 is 1.47 bits per heavy atom. The Balaban J connectivity index is 2.83. The predicted octanol–water partition coefficient (Wildman–Crippen LogP) is 2.38. The van der Waals surface area contributed by atoms with E-state index < -0.39 is 17.8 Å². The van der Waals surface area contributed by atoms with Crippen molar-refractivity contribution in [2.24, 2.45) is 5.92 Å². The summed E-state index contributed by atoms with van der Waals surface area (Å²) in [5.74, 6) is -1.15. The first kappa shape index (κ1) is 15.4. The molecule has 1 atom stereocenters. The number of carboxylic acids is 1. The topological polar surface area (TPSA) is 49.8 Å². The van der Waals surface area contributed by atoms with Crippen molar-refractivity contribution in [2.45, 2.75) is 26.4 Å². The maximum atomic E-state index is 13.6. The first-order valence-corrected chi connectivity index (χ1v) is 6.12. The zero-order valence-electron chi connectivity index (χ0n) is 11.7. The SMILES string of the molecule is COc1ccc(CN(C)C(C(=O)O)C(C)C)cc1F. The first-order chi connectivity index (χ1) is 8.86. The molecule has 1 N–H and O–H groups in total. The van der Waals surface area contributed by atoms with E-state index in [1.807, 2.05) is 13.8 Å². The third kappa shape index (κ3) is 3.92. The number of aliphatic carboxylic acids is 1. The molecule has 0 aromatic heterocycles. The molecule has 0 bridgehead atoms. The standard InChI is InChI=1S/C14H20FNO3/c1-9(2)13(14(17)18)16(3)8-10-5-6-12(19-4)11(15)7-10/h5-7,9,13H,8H2,1-4H3,(H,17,18). The molecule has 0 aliphatic carbocycles. The van der Waals surface area contributed by atoms with E-state index in [4.69, 9.17) is 4.74 Å². The van der Waals surface area contributed by atoms with Gasteiger partial charge in [0.1, 0.15) is 6.04 Å². The Morgan fingerprint density at radius 3 is 2.53 bits per heavy atom. The average molecular weight is 269 g/mol. The van der Waals surface area contributed by atoms with Crippen molar-refractivity contribution in [3.05, 3.63) is 29.6 Å². The summed E-state index contributed by atoms with van der Waals surface area (Å²) in [6.45, 7) is 4.07. The van der Waals surface area contributed by atoms with Crippen molar-refractivity contribution in [1.29, 1.82) is 0 Å². The van der Waals surface area contributed by atoms with E-state index in [1.165, 1.54) is 13.2 Å². The lowest BCUT2D eigenvalue weighted by Gasteiger charge is -2.27. The molecule has 0 radical (unpaired) electrons. The number of carboxylic acid groups (broad SMARTS) is 1. The van der Waals surface area contributed by atoms with Crippen LogP contribution in [0.2, 0.25) is 0 Å². The highest BCUT2D eigenvalue weighted by molar-refractivity contribution is 5.73. The van der Waals surface area contributed by atoms with Crippen LogP contribution in [0, 0.1) is 11.7 Å². The molecule has 0 fully saturated rings. The molecule has 19 heavy (non-hydrogen) atoms. The summed E-state index contributed by atoms with van der Waals surface area (Å²) in [4.78, 5) is 12.9. The molecular formula is C14H20FNO3. The van der Waals surface area contributed by atoms with Gasteiger partial charge >= 0.3 is 5.97 Å². The van der Waals surface area contributed by atoms with Gasteiger partial charge in [-0.3, -0.25) is 9.69 Å². The summed E-state index contributed by atoms with van der Waals surface area (Å²) in [6, 6.07) is 4.06. The van der Waals surface area contributed by atoms with Crippen LogP contribution in [0.1, 0.15) is 19.4 Å². The van der Waals surface area contributed by atoms with Gasteiger partial charge in [0.15, 0.2) is 11.6 Å². The van der Waals surface area contributed by atoms with Gasteiger partial charge < -0.3 is 9.84 Å². The molecule has 4 nitrogen and oxygen atoms in total. The van der Waals surface area contributed by atoms with Crippen LogP contribution in [-0.2, 0) is 11.3 Å². The highest BCUT2D eigenvalue weighted by Crippen LogP contribution is 2.20. The van der Waals surface area contributed by atoms with Gasteiger partial charge in [-0.2, -0.15) is 0 Å². The monoisotopic (exact) mass is 269 g/mol. The molecule has 1 aromatic carbocycles. The third-order valence-electron chi connectivity index (χ3n) is 3.01. The Bertz CT molecular complexity index is 448. The van der Waals surface area contributed by atoms with Crippen LogP contribution in [0.5, 0.6) is 5.75 Å². The molecule has 0 heterocycles. The number of nitrogens with zero attached hydrogens (tertiary/aromatic N) is 1. The minimum absolute atomic E-state index is 0.0226. The second-order valence-electron chi connectivity index (χ2n) is 4.91. The van der Waals surface area contributed by atoms with E-state index >= 15 is 0 Å². The highest BCUT2D eigenvalue weighted by Gasteiger charge is 2.26. The molecule has 0 saturated carbocycles. The molecular weight excluding hydrogens is 249 g/mol. The van der Waals surface area contributed by atoms with Gasteiger partial charge in [0.25, 0.3) is 0 Å². The fourth-order valence-corrected chi connectivity index (χ4v) is 2.18. The van der Waals surface area contributed by atoms with Crippen LogP contribution >= 0.6 is 0 Å². The van der Waals surface area contributed by atoms with Gasteiger partial charge in [-0.15, -0.1) is 0 Å². The predicted molar refractivity (Wildman–Crippen MR) is 70.7 cm³/mol. The van der Waals surface area contributed by atoms with E-state index in [2.05, 4.69) is 0 Å². The number of ether oxygens (including phenoxy) is 1. The van der Waals surface area contributed by atoms with Crippen molar-refractivity contribution in [1.82, 2.24) is 4.90 Å². The summed E-state index contributed by atoms with van der Waals surface area (Å²) in [5, 5.41) is 9.19. The van der Waals surface area contributed by atoms with E-state index in [0.717, 1.165) is 0 Å². The van der Waals surface area contributed by atoms with Crippen LogP contribution < -0.4 is 4.74 Å². The van der Waals surface area contributed by atoms with E-state index in [-0.39, 0.29) is 11.7 Å². The lowest BCUT2D eigenvalue weighted by atomic mass is 10.0. The number of methoxy groups -OCH3 is 1. The molecule has 106 valence electrons. The summed E-state index contributed by atoms with van der Waals surface area (Å²) >= 11 is 0. The Kier molecular flexibility index (Phi) is 5.30. The molecule has 0 amide bonds. The molecule has 5 heteroatoms. The number of likely N-dealkylation sites (N-methyl/N-ethyl adjacent to an activating group) is 1. The van der Waals surface area contributed by atoms with Gasteiger partial charge in [0.2, 0.25) is 0 Å². The second-order valence-corrected chi connectivity index (χ2v) is 4.91. The molecule has 0 spiro atoms. The molecule has 1 aromatic rings. The minimum atomic E-state index is -0.869. The number of carbonyl (C=O) groups is 1. The van der Waals surface area contributed by atoms with Crippen molar-refractivity contribution < 1.29 is 19.0 Å². The summed E-state index contributed by atoms with van der Waals surface area (Å²) in [5.41, 5.74) is 0.715. The maximum absolute atomic E-state index is 13.6. The van der Waals surface area contributed by atoms with Crippen molar-refractivity contribution in [3.63, 3.8) is 0 Å². The van der Waals surface area contributed by atoms with Crippen LogP contribution in [-0.4, -0.2) is 36.2 Å². The normalized spacial score (nSPS) is 12.8. The maximum Gasteiger partial charge on any atom is 0.321 e. The number of halogens is 1. The number of benzene rings is 1. The van der Waals surface area contributed by atoms with Crippen LogP contribution in [0.15, 0.2) is 18.2 Å². The molecule has 0 aliphatic rings. The lowest BCUT2D eigenvalue weighted by molar-refractivity contribution is -0.144. The van der Waals surface area contributed by atoms with Gasteiger partial charge in [-0.1, -0.05) is 19.9 Å². The second kappa shape index (κ2) is 6.52. The van der Waals surface area contributed by atoms with Crippen LogP contribution in [0.4, 0.5) is 4.39 Å². The highest BCUT2D eigenvalue weighted by atomic mass is 19.1. The van der Waals surface area contributed by atoms with Gasteiger partial charge in [-0.05, 0) is 30.7 Å². The van der Waals surface area contributed by atoms with Crippen LogP contribution in [0.3, 0.4) is 0 Å². The molecule has 0 aliphatic heterocycles. The van der Waals surface area contributed by atoms with Crippen molar-refractivity contribution in [2.75, 3.05) is 14.2 Å². The fraction of sp³-hybridized carbons (Fsp3) is 0.500. The quantitative estimate of drug-likeness (QED) is 0.861. The van der Waals surface area contributed by atoms with E-state index in [9.17, 15) is 14.3 Å². The third-order valence-corrected chi connectivity index (χ3v) is 3.01. The zero-order chi connectivity index (χ0) is 14.6. The molecule has 1 rings (SSSR count). The zero-order valence-corrected chi connectivity index (χ0v) is 11.7. The van der Waals surface area contributed by atoms with Gasteiger partial charge in [-0.25, -0.2) is 4.39 Å². The number of rotatable bonds is 6. The minimum Gasteiger partial charge on any atom is -0.494 e. The Morgan fingerprint density at radius 2 is 2.11 bits per heavy atom. The molecule has 0 saturated heterocycles. The summed E-state index contributed by atoms with van der Waals surface area (Å²) < 4.78 is 18.4. The van der Waals surface area contributed by atoms with Crippen molar-refractivity contribution >= 4 is 5.97 Å². The fourth-order valence-electron chi connectivity index (χ4n) is 2.18. The van der Waals surface area contributed by atoms with Crippen LogP contribution in [0.25, 0.3) is 0 Å². The first-order valence-electron chi connectivity index (χ1n) is 6.12. The Labute approximate surface area is 112 Å². The number of hydrogen-bond donors (Lipinski definition) is 1. The average Bonchev–Trinajstić information content (AvgIpc) is 2.27. The molecule has 1 unspecified atom stereocenters. The van der Waals surface area contributed by atoms with E-state index in [1.54, 1.807) is 24.1 Å². The smallest absolute Gasteiger partial charge is 0.321 e. The van der Waals surface area contributed by atoms with Gasteiger partial charge in [0, 0.05) is 6.54 Å². The van der Waals surface area contributed by atoms with Crippen molar-refractivity contribution in [3.8, 4) is 5.75 Å².